The average Bonchev–Trinajstić information content (AvgIpc) is 2.93. The highest BCUT2D eigenvalue weighted by atomic mass is 79.9. The van der Waals surface area contributed by atoms with Gasteiger partial charge in [-0.25, -0.2) is 0 Å². The van der Waals surface area contributed by atoms with E-state index in [2.05, 4.69) is 21.2 Å². The Labute approximate surface area is 131 Å². The molecule has 5 nitrogen and oxygen atoms in total. The lowest BCUT2D eigenvalue weighted by Crippen LogP contribution is -2.25. The topological polar surface area (TPSA) is 62.6 Å². The molecule has 0 saturated heterocycles. The highest BCUT2D eigenvalue weighted by Crippen LogP contribution is 2.16. The summed E-state index contributed by atoms with van der Waals surface area (Å²) in [4.78, 5) is 25.1. The summed E-state index contributed by atoms with van der Waals surface area (Å²) in [5, 5.41) is 2.56. The lowest BCUT2D eigenvalue weighted by atomic mass is 10.1. The van der Waals surface area contributed by atoms with Gasteiger partial charge in [-0.3, -0.25) is 9.59 Å². The molecular weight excluding hydrogens is 336 g/mol. The van der Waals surface area contributed by atoms with Crippen LogP contribution in [-0.2, 0) is 6.54 Å². The quantitative estimate of drug-likeness (QED) is 0.921. The zero-order valence-electron chi connectivity index (χ0n) is 11.7. The third-order valence-corrected chi connectivity index (χ3v) is 3.42. The largest absolute Gasteiger partial charge is 0.444 e. The van der Waals surface area contributed by atoms with Crippen LogP contribution in [0.2, 0.25) is 0 Å². The smallest absolute Gasteiger partial charge is 0.289 e. The first kappa shape index (κ1) is 15.3. The van der Waals surface area contributed by atoms with E-state index in [0.29, 0.717) is 16.8 Å². The van der Waals surface area contributed by atoms with Gasteiger partial charge < -0.3 is 14.6 Å². The summed E-state index contributed by atoms with van der Waals surface area (Å²) in [6.07, 6.45) is 0. The molecule has 110 valence electrons. The summed E-state index contributed by atoms with van der Waals surface area (Å²) in [6.45, 7) is 0.436. The minimum Gasteiger partial charge on any atom is -0.444 e. The minimum absolute atomic E-state index is 0.133. The molecule has 0 radical (unpaired) electrons. The number of furan rings is 1. The van der Waals surface area contributed by atoms with Crippen molar-refractivity contribution in [2.24, 2.45) is 0 Å². The fraction of sp³-hybridized carbons (Fsp3) is 0.200. The Morgan fingerprint density at radius 1 is 1.19 bits per heavy atom. The van der Waals surface area contributed by atoms with Crippen LogP contribution in [0.5, 0.6) is 0 Å². The maximum atomic E-state index is 12.1. The minimum atomic E-state index is -0.198. The molecule has 1 heterocycles. The number of benzene rings is 1. The molecule has 0 aliphatic carbocycles. The normalized spacial score (nSPS) is 10.2. The molecule has 21 heavy (non-hydrogen) atoms. The van der Waals surface area contributed by atoms with Crippen LogP contribution in [-0.4, -0.2) is 30.8 Å². The molecule has 2 aromatic rings. The van der Waals surface area contributed by atoms with Crippen LogP contribution in [0.3, 0.4) is 0 Å². The van der Waals surface area contributed by atoms with Crippen molar-refractivity contribution in [2.75, 3.05) is 14.1 Å². The first-order chi connectivity index (χ1) is 10.0. The molecule has 0 aliphatic heterocycles. The van der Waals surface area contributed by atoms with Crippen LogP contribution in [0.4, 0.5) is 0 Å². The summed E-state index contributed by atoms with van der Waals surface area (Å²) in [5.41, 5.74) is 1.52. The molecule has 0 bridgehead atoms. The van der Waals surface area contributed by atoms with Crippen molar-refractivity contribution in [1.82, 2.24) is 10.2 Å². The highest BCUT2D eigenvalue weighted by molar-refractivity contribution is 9.10. The van der Waals surface area contributed by atoms with Gasteiger partial charge in [0.1, 0.15) is 0 Å². The zero-order valence-corrected chi connectivity index (χ0v) is 13.3. The second-order valence-electron chi connectivity index (χ2n) is 4.54. The van der Waals surface area contributed by atoms with E-state index >= 15 is 0 Å². The van der Waals surface area contributed by atoms with Crippen LogP contribution in [0.1, 0.15) is 26.5 Å². The number of nitrogens with zero attached hydrogens (tertiary/aromatic N) is 1. The van der Waals surface area contributed by atoms with E-state index in [-0.39, 0.29) is 17.6 Å². The van der Waals surface area contributed by atoms with E-state index in [9.17, 15) is 9.59 Å². The van der Waals surface area contributed by atoms with E-state index in [1.54, 1.807) is 43.3 Å². The number of carbonyl (C=O) groups excluding carboxylic acids is 2. The van der Waals surface area contributed by atoms with Gasteiger partial charge in [-0.15, -0.1) is 0 Å². The van der Waals surface area contributed by atoms with Crippen LogP contribution in [0.25, 0.3) is 0 Å². The molecule has 1 aromatic carbocycles. The summed E-state index contributed by atoms with van der Waals surface area (Å²) < 4.78 is 5.76. The van der Waals surface area contributed by atoms with Gasteiger partial charge in [0.25, 0.3) is 11.8 Å². The molecule has 0 fully saturated rings. The lowest BCUT2D eigenvalue weighted by molar-refractivity contribution is 0.0751. The number of halogens is 1. The zero-order chi connectivity index (χ0) is 15.4. The standard InChI is InChI=1S/C15H15BrN2O3/c1-17-14(19)11-5-3-10(4-6-11)9-18(2)15(20)12-7-8-13(16)21-12/h3-8H,9H2,1-2H3,(H,17,19). The highest BCUT2D eigenvalue weighted by Gasteiger charge is 2.16. The SMILES string of the molecule is CNC(=O)c1ccc(CN(C)C(=O)c2ccc(Br)o2)cc1. The number of rotatable bonds is 4. The van der Waals surface area contributed by atoms with Gasteiger partial charge in [-0.1, -0.05) is 12.1 Å². The monoisotopic (exact) mass is 350 g/mol. The second kappa shape index (κ2) is 6.58. The Morgan fingerprint density at radius 3 is 2.38 bits per heavy atom. The Hall–Kier alpha value is -2.08. The van der Waals surface area contributed by atoms with E-state index in [4.69, 9.17) is 4.42 Å². The average molecular weight is 351 g/mol. The first-order valence-corrected chi connectivity index (χ1v) is 7.12. The predicted molar refractivity (Wildman–Crippen MR) is 82.0 cm³/mol. The number of hydrogen-bond acceptors (Lipinski definition) is 3. The Bertz CT molecular complexity index is 649. The van der Waals surface area contributed by atoms with E-state index < -0.39 is 0 Å². The summed E-state index contributed by atoms with van der Waals surface area (Å²) in [7, 11) is 3.29. The molecule has 2 amide bonds. The maximum absolute atomic E-state index is 12.1. The first-order valence-electron chi connectivity index (χ1n) is 6.33. The van der Waals surface area contributed by atoms with Crippen molar-refractivity contribution in [3.63, 3.8) is 0 Å². The molecule has 0 spiro atoms. The summed E-state index contributed by atoms with van der Waals surface area (Å²) >= 11 is 3.17. The molecule has 1 N–H and O–H groups in total. The van der Waals surface area contributed by atoms with Crippen molar-refractivity contribution in [2.45, 2.75) is 6.54 Å². The number of amides is 2. The van der Waals surface area contributed by atoms with Gasteiger partial charge in [-0.2, -0.15) is 0 Å². The van der Waals surface area contributed by atoms with Crippen molar-refractivity contribution in [3.8, 4) is 0 Å². The fourth-order valence-electron chi connectivity index (χ4n) is 1.87. The van der Waals surface area contributed by atoms with Gasteiger partial charge >= 0.3 is 0 Å². The molecule has 6 heteroatoms. The number of nitrogens with one attached hydrogen (secondary N) is 1. The molecule has 1 aromatic heterocycles. The lowest BCUT2D eigenvalue weighted by Gasteiger charge is -2.16. The Morgan fingerprint density at radius 2 is 1.86 bits per heavy atom. The Kier molecular flexibility index (Phi) is 4.80. The second-order valence-corrected chi connectivity index (χ2v) is 5.32. The van der Waals surface area contributed by atoms with E-state index in [1.165, 1.54) is 0 Å². The van der Waals surface area contributed by atoms with Crippen LogP contribution in [0.15, 0.2) is 45.5 Å². The molecular formula is C15H15BrN2O3. The molecule has 0 atom stereocenters. The van der Waals surface area contributed by atoms with Crippen LogP contribution >= 0.6 is 15.9 Å². The summed E-state index contributed by atoms with van der Waals surface area (Å²) in [6, 6.07) is 10.4. The Balaban J connectivity index is 2.04. The van der Waals surface area contributed by atoms with Gasteiger partial charge in [0.15, 0.2) is 10.4 Å². The third-order valence-electron chi connectivity index (χ3n) is 2.99. The van der Waals surface area contributed by atoms with E-state index in [1.807, 2.05) is 12.1 Å². The van der Waals surface area contributed by atoms with Crippen molar-refractivity contribution in [1.29, 1.82) is 0 Å². The molecule has 2 rings (SSSR count). The van der Waals surface area contributed by atoms with Gasteiger partial charge in [0.05, 0.1) is 0 Å². The van der Waals surface area contributed by atoms with E-state index in [0.717, 1.165) is 5.56 Å². The van der Waals surface area contributed by atoms with Crippen molar-refractivity contribution in [3.05, 3.63) is 58.0 Å². The number of carbonyl (C=O) groups is 2. The number of hydrogen-bond donors (Lipinski definition) is 1. The molecule has 0 saturated carbocycles. The molecule has 0 aliphatic rings. The van der Waals surface area contributed by atoms with Crippen molar-refractivity contribution < 1.29 is 14.0 Å². The molecule has 0 unspecified atom stereocenters. The van der Waals surface area contributed by atoms with Gasteiger partial charge in [-0.05, 0) is 45.8 Å². The van der Waals surface area contributed by atoms with Crippen LogP contribution in [0, 0.1) is 0 Å². The third kappa shape index (κ3) is 3.72. The predicted octanol–water partition coefficient (Wildman–Crippen LogP) is 2.67. The summed E-state index contributed by atoms with van der Waals surface area (Å²) in [5.74, 6) is -0.0474. The maximum Gasteiger partial charge on any atom is 0.289 e. The fourth-order valence-corrected chi connectivity index (χ4v) is 2.18. The van der Waals surface area contributed by atoms with Crippen molar-refractivity contribution >= 4 is 27.7 Å². The van der Waals surface area contributed by atoms with Crippen LogP contribution < -0.4 is 5.32 Å². The van der Waals surface area contributed by atoms with Gasteiger partial charge in [0.2, 0.25) is 0 Å². The van der Waals surface area contributed by atoms with Gasteiger partial charge in [0, 0.05) is 26.2 Å².